The topological polar surface area (TPSA) is 12.0 Å². The fourth-order valence-electron chi connectivity index (χ4n) is 2.10. The molecule has 1 N–H and O–H groups in total. The Labute approximate surface area is 130 Å². The van der Waals surface area contributed by atoms with Gasteiger partial charge in [-0.15, -0.1) is 0 Å². The molecule has 0 saturated heterocycles. The number of halogens is 4. The summed E-state index contributed by atoms with van der Waals surface area (Å²) in [4.78, 5) is 0. The fraction of sp³-hybridized carbons (Fsp3) is 0.200. The summed E-state index contributed by atoms with van der Waals surface area (Å²) < 4.78 is 28.7. The van der Waals surface area contributed by atoms with Crippen molar-refractivity contribution in [1.29, 1.82) is 0 Å². The lowest BCUT2D eigenvalue weighted by atomic mass is 9.97. The summed E-state index contributed by atoms with van der Waals surface area (Å²) in [5.41, 5.74) is 1.51. The maximum Gasteiger partial charge on any atom is 0.129 e. The lowest BCUT2D eigenvalue weighted by Crippen LogP contribution is -2.20. The molecule has 2 aromatic carbocycles. The summed E-state index contributed by atoms with van der Waals surface area (Å²) >= 11 is 9.17. The van der Waals surface area contributed by atoms with Gasteiger partial charge in [-0.3, -0.25) is 0 Å². The molecule has 1 nitrogen and oxygen atoms in total. The van der Waals surface area contributed by atoms with Crippen LogP contribution in [0.25, 0.3) is 0 Å². The van der Waals surface area contributed by atoms with Crippen LogP contribution in [0.5, 0.6) is 0 Å². The molecule has 5 heteroatoms. The molecular weight excluding hydrogens is 348 g/mol. The Bertz CT molecular complexity index is 646. The molecule has 0 aliphatic rings. The Kier molecular flexibility index (Phi) is 4.78. The molecular formula is C15H13BrClF2N. The third-order valence-electron chi connectivity index (χ3n) is 3.11. The first-order chi connectivity index (χ1) is 9.43. The SMILES string of the molecule is CNC(c1ccc(C)cc1F)c1cc(Cl)c(Br)cc1F. The first-order valence-electron chi connectivity index (χ1n) is 6.01. The van der Waals surface area contributed by atoms with Gasteiger partial charge in [0, 0.05) is 15.6 Å². The van der Waals surface area contributed by atoms with E-state index in [1.54, 1.807) is 26.1 Å². The average Bonchev–Trinajstić information content (AvgIpc) is 2.38. The number of hydrogen-bond acceptors (Lipinski definition) is 1. The third kappa shape index (κ3) is 3.03. The van der Waals surface area contributed by atoms with Crippen LogP contribution in [-0.4, -0.2) is 7.05 Å². The number of hydrogen-bond donors (Lipinski definition) is 1. The summed E-state index contributed by atoms with van der Waals surface area (Å²) in [6.07, 6.45) is 0. The Hall–Kier alpha value is -0.970. The first-order valence-corrected chi connectivity index (χ1v) is 7.19. The highest BCUT2D eigenvalue weighted by Crippen LogP contribution is 2.32. The number of benzene rings is 2. The zero-order valence-electron chi connectivity index (χ0n) is 11.0. The minimum absolute atomic E-state index is 0.309. The molecule has 1 unspecified atom stereocenters. The van der Waals surface area contributed by atoms with Crippen LogP contribution in [0.3, 0.4) is 0 Å². The van der Waals surface area contributed by atoms with E-state index in [9.17, 15) is 8.78 Å². The lowest BCUT2D eigenvalue weighted by Gasteiger charge is -2.19. The predicted molar refractivity (Wildman–Crippen MR) is 81.1 cm³/mol. The van der Waals surface area contributed by atoms with E-state index in [0.717, 1.165) is 5.56 Å². The predicted octanol–water partition coefficient (Wildman–Crippen LogP) is 5.00. The molecule has 0 aromatic heterocycles. The third-order valence-corrected chi connectivity index (χ3v) is 4.30. The Morgan fingerprint density at radius 2 is 1.75 bits per heavy atom. The van der Waals surface area contributed by atoms with Gasteiger partial charge in [0.2, 0.25) is 0 Å². The minimum Gasteiger partial charge on any atom is -0.309 e. The van der Waals surface area contributed by atoms with Gasteiger partial charge in [0.05, 0.1) is 11.1 Å². The number of nitrogens with one attached hydrogen (secondary N) is 1. The molecule has 0 aliphatic heterocycles. The van der Waals surface area contributed by atoms with Crippen LogP contribution in [0.15, 0.2) is 34.8 Å². The molecule has 0 fully saturated rings. The van der Waals surface area contributed by atoms with Crippen LogP contribution in [-0.2, 0) is 0 Å². The molecule has 0 spiro atoms. The molecule has 1 atom stereocenters. The average molecular weight is 361 g/mol. The van der Waals surface area contributed by atoms with Gasteiger partial charge >= 0.3 is 0 Å². The molecule has 2 aromatic rings. The van der Waals surface area contributed by atoms with Crippen molar-refractivity contribution in [2.45, 2.75) is 13.0 Å². The maximum atomic E-state index is 14.1. The van der Waals surface area contributed by atoms with Gasteiger partial charge < -0.3 is 5.32 Å². The van der Waals surface area contributed by atoms with Crippen LogP contribution in [0.4, 0.5) is 8.78 Å². The van der Waals surface area contributed by atoms with Crippen LogP contribution < -0.4 is 5.32 Å². The van der Waals surface area contributed by atoms with Gasteiger partial charge in [0.1, 0.15) is 11.6 Å². The number of aryl methyl sites for hydroxylation is 1. The molecule has 2 rings (SSSR count). The first kappa shape index (κ1) is 15.4. The summed E-state index contributed by atoms with van der Waals surface area (Å²) in [7, 11) is 1.65. The Morgan fingerprint density at radius 1 is 1.10 bits per heavy atom. The van der Waals surface area contributed by atoms with Crippen molar-refractivity contribution in [3.63, 3.8) is 0 Å². The molecule has 0 radical (unpaired) electrons. The zero-order chi connectivity index (χ0) is 14.9. The van der Waals surface area contributed by atoms with E-state index < -0.39 is 11.9 Å². The summed E-state index contributed by atoms with van der Waals surface area (Å²) in [5, 5.41) is 3.31. The van der Waals surface area contributed by atoms with Crippen LogP contribution in [0.2, 0.25) is 5.02 Å². The highest BCUT2D eigenvalue weighted by Gasteiger charge is 2.21. The number of rotatable bonds is 3. The smallest absolute Gasteiger partial charge is 0.129 e. The van der Waals surface area contributed by atoms with E-state index >= 15 is 0 Å². The monoisotopic (exact) mass is 359 g/mol. The van der Waals surface area contributed by atoms with Crippen LogP contribution in [0.1, 0.15) is 22.7 Å². The lowest BCUT2D eigenvalue weighted by molar-refractivity contribution is 0.546. The van der Waals surface area contributed by atoms with E-state index in [0.29, 0.717) is 20.6 Å². The highest BCUT2D eigenvalue weighted by molar-refractivity contribution is 9.10. The molecule has 0 amide bonds. The van der Waals surface area contributed by atoms with E-state index in [1.165, 1.54) is 18.2 Å². The molecule has 20 heavy (non-hydrogen) atoms. The highest BCUT2D eigenvalue weighted by atomic mass is 79.9. The Morgan fingerprint density at radius 3 is 2.35 bits per heavy atom. The second kappa shape index (κ2) is 6.20. The van der Waals surface area contributed by atoms with E-state index in [2.05, 4.69) is 21.2 Å². The Balaban J connectivity index is 2.55. The van der Waals surface area contributed by atoms with Crippen molar-refractivity contribution in [3.8, 4) is 0 Å². The zero-order valence-corrected chi connectivity index (χ0v) is 13.3. The van der Waals surface area contributed by atoms with Gasteiger partial charge in [-0.05, 0) is 53.7 Å². The maximum absolute atomic E-state index is 14.1. The quantitative estimate of drug-likeness (QED) is 0.760. The summed E-state index contributed by atoms with van der Waals surface area (Å²) in [6, 6.07) is 7.07. The van der Waals surface area contributed by atoms with Gasteiger partial charge in [-0.1, -0.05) is 23.7 Å². The van der Waals surface area contributed by atoms with E-state index in [-0.39, 0.29) is 5.82 Å². The molecule has 106 valence electrons. The second-order valence-corrected chi connectivity index (χ2v) is 5.80. The van der Waals surface area contributed by atoms with Crippen molar-refractivity contribution in [2.24, 2.45) is 0 Å². The summed E-state index contributed by atoms with van der Waals surface area (Å²) in [5.74, 6) is -0.816. The minimum atomic E-state index is -0.596. The van der Waals surface area contributed by atoms with Gasteiger partial charge in [-0.25, -0.2) is 8.78 Å². The summed E-state index contributed by atoms with van der Waals surface area (Å²) in [6.45, 7) is 1.80. The van der Waals surface area contributed by atoms with Gasteiger partial charge in [0.15, 0.2) is 0 Å². The van der Waals surface area contributed by atoms with Crippen LogP contribution in [0, 0.1) is 18.6 Å². The normalized spacial score (nSPS) is 12.5. The van der Waals surface area contributed by atoms with Crippen molar-refractivity contribution < 1.29 is 8.78 Å². The van der Waals surface area contributed by atoms with Crippen molar-refractivity contribution in [1.82, 2.24) is 5.32 Å². The fourth-order valence-corrected chi connectivity index (χ4v) is 2.59. The van der Waals surface area contributed by atoms with Crippen molar-refractivity contribution in [3.05, 3.63) is 68.2 Å². The molecule has 0 aliphatic carbocycles. The van der Waals surface area contributed by atoms with Gasteiger partial charge in [0.25, 0.3) is 0 Å². The molecule has 0 heterocycles. The molecule has 0 saturated carbocycles. The second-order valence-electron chi connectivity index (χ2n) is 4.53. The van der Waals surface area contributed by atoms with Crippen molar-refractivity contribution >= 4 is 27.5 Å². The standard InChI is InChI=1S/C15H13BrClF2N/c1-8-3-4-9(13(18)5-8)15(20-2)10-6-12(17)11(16)7-14(10)19/h3-7,15,20H,1-2H3. The van der Waals surface area contributed by atoms with E-state index in [4.69, 9.17) is 11.6 Å². The van der Waals surface area contributed by atoms with Crippen LogP contribution >= 0.6 is 27.5 Å². The van der Waals surface area contributed by atoms with Crippen molar-refractivity contribution in [2.75, 3.05) is 7.05 Å². The largest absolute Gasteiger partial charge is 0.309 e. The van der Waals surface area contributed by atoms with Gasteiger partial charge in [-0.2, -0.15) is 0 Å². The van der Waals surface area contributed by atoms with E-state index in [1.807, 2.05) is 0 Å². The molecule has 0 bridgehead atoms.